The summed E-state index contributed by atoms with van der Waals surface area (Å²) in [6.07, 6.45) is 15.9. The molecule has 2 rings (SSSR count). The molecule has 1 aliphatic rings. The van der Waals surface area contributed by atoms with Crippen LogP contribution in [-0.4, -0.2) is 40.1 Å². The van der Waals surface area contributed by atoms with Gasteiger partial charge in [-0.15, -0.1) is 0 Å². The lowest BCUT2D eigenvalue weighted by Gasteiger charge is -2.40. The number of esters is 1. The highest BCUT2D eigenvalue weighted by Crippen LogP contribution is 2.37. The summed E-state index contributed by atoms with van der Waals surface area (Å²) >= 11 is 0. The normalized spacial score (nSPS) is 20.4. The van der Waals surface area contributed by atoms with Gasteiger partial charge in [0, 0.05) is 6.04 Å². The van der Waals surface area contributed by atoms with Crippen LogP contribution in [0.15, 0.2) is 66.8 Å². The second-order valence-electron chi connectivity index (χ2n) is 10.8. The predicted molar refractivity (Wildman–Crippen MR) is 147 cm³/mol. The number of ether oxygens (including phenoxy) is 2. The van der Waals surface area contributed by atoms with Crippen LogP contribution < -0.4 is 10.5 Å². The van der Waals surface area contributed by atoms with Gasteiger partial charge in [0.25, 0.3) is 0 Å². The van der Waals surface area contributed by atoms with Crippen LogP contribution in [-0.2, 0) is 14.0 Å². The van der Waals surface area contributed by atoms with Crippen LogP contribution in [0.1, 0.15) is 46.5 Å². The Morgan fingerprint density at radius 3 is 2.51 bits per heavy atom. The van der Waals surface area contributed by atoms with E-state index >= 15 is 0 Å². The highest BCUT2D eigenvalue weighted by molar-refractivity contribution is 6.74. The molecule has 0 bridgehead atoms. The molecule has 0 amide bonds. The maximum Gasteiger partial charge on any atom is 0.312 e. The minimum Gasteiger partial charge on any atom is -0.491 e. The summed E-state index contributed by atoms with van der Waals surface area (Å²) in [5.41, 5.74) is 6.65. The minimum atomic E-state index is -1.99. The lowest BCUT2D eigenvalue weighted by Crippen LogP contribution is -2.51. The van der Waals surface area contributed by atoms with Crippen LogP contribution in [0, 0.1) is 11.8 Å². The molecule has 2 N–H and O–H groups in total. The van der Waals surface area contributed by atoms with Crippen molar-refractivity contribution in [3.63, 3.8) is 0 Å². The van der Waals surface area contributed by atoms with Crippen molar-refractivity contribution in [2.24, 2.45) is 17.6 Å². The topological polar surface area (TPSA) is 70.8 Å². The van der Waals surface area contributed by atoms with Gasteiger partial charge in [0.05, 0.1) is 19.1 Å². The molecule has 35 heavy (non-hydrogen) atoms. The second kappa shape index (κ2) is 13.8. The molecule has 0 radical (unpaired) electrons. The van der Waals surface area contributed by atoms with Crippen LogP contribution in [0.3, 0.4) is 0 Å². The number of methoxy groups -OCH3 is 1. The minimum absolute atomic E-state index is 0.101. The fraction of sp³-hybridized carbons (Fsp3) is 0.552. The first-order valence-electron chi connectivity index (χ1n) is 12.7. The number of para-hydroxylation sites is 1. The summed E-state index contributed by atoms with van der Waals surface area (Å²) in [4.78, 5) is 11.8. The summed E-state index contributed by atoms with van der Waals surface area (Å²) in [6, 6.07) is 9.72. The molecule has 0 aromatic heterocycles. The molecular formula is C29H45NO4Si. The molecule has 0 saturated carbocycles. The van der Waals surface area contributed by atoms with Gasteiger partial charge in [0.2, 0.25) is 0 Å². The molecule has 4 atom stereocenters. The Morgan fingerprint density at radius 2 is 1.86 bits per heavy atom. The first-order valence-corrected chi connectivity index (χ1v) is 15.6. The van der Waals surface area contributed by atoms with Crippen LogP contribution in [0.25, 0.3) is 0 Å². The molecule has 0 fully saturated rings. The molecule has 5 nitrogen and oxygen atoms in total. The highest BCUT2D eigenvalue weighted by Gasteiger charge is 2.40. The Hall–Kier alpha value is -2.15. The second-order valence-corrected chi connectivity index (χ2v) is 15.6. The van der Waals surface area contributed by atoms with Crippen molar-refractivity contribution in [2.75, 3.05) is 13.7 Å². The van der Waals surface area contributed by atoms with Crippen molar-refractivity contribution in [2.45, 2.75) is 76.7 Å². The number of carbonyl (C=O) groups is 1. The van der Waals surface area contributed by atoms with Gasteiger partial charge in [-0.25, -0.2) is 0 Å². The van der Waals surface area contributed by atoms with E-state index in [0.29, 0.717) is 18.9 Å². The molecule has 194 valence electrons. The smallest absolute Gasteiger partial charge is 0.312 e. The van der Waals surface area contributed by atoms with E-state index in [1.807, 2.05) is 36.4 Å². The van der Waals surface area contributed by atoms with Crippen molar-refractivity contribution in [3.05, 3.63) is 66.8 Å². The Kier molecular flexibility index (Phi) is 11.5. The number of nitrogens with two attached hydrogens (primary N) is 1. The third-order valence-electron chi connectivity index (χ3n) is 7.00. The van der Waals surface area contributed by atoms with E-state index in [1.165, 1.54) is 7.11 Å². The Labute approximate surface area is 213 Å². The van der Waals surface area contributed by atoms with Gasteiger partial charge in [-0.2, -0.15) is 0 Å². The van der Waals surface area contributed by atoms with E-state index in [4.69, 9.17) is 19.6 Å². The third kappa shape index (κ3) is 9.78. The molecule has 1 aliphatic carbocycles. The molecule has 0 heterocycles. The molecule has 4 unspecified atom stereocenters. The van der Waals surface area contributed by atoms with Gasteiger partial charge in [-0.05, 0) is 61.9 Å². The van der Waals surface area contributed by atoms with E-state index in [9.17, 15) is 4.79 Å². The lowest BCUT2D eigenvalue weighted by molar-refractivity contribution is -0.143. The quantitative estimate of drug-likeness (QED) is 0.204. The fourth-order valence-corrected chi connectivity index (χ4v) is 5.00. The average Bonchev–Trinajstić information content (AvgIpc) is 3.06. The van der Waals surface area contributed by atoms with E-state index in [1.54, 1.807) is 0 Å². The zero-order valence-electron chi connectivity index (χ0n) is 22.4. The van der Waals surface area contributed by atoms with Crippen LogP contribution in [0.4, 0.5) is 0 Å². The number of carbonyl (C=O) groups excluding carboxylic acids is 1. The maximum atomic E-state index is 11.8. The lowest BCUT2D eigenvalue weighted by atomic mass is 10.0. The number of benzene rings is 1. The number of hydrogen-bond acceptors (Lipinski definition) is 5. The Morgan fingerprint density at radius 1 is 1.14 bits per heavy atom. The van der Waals surface area contributed by atoms with E-state index in [0.717, 1.165) is 25.0 Å². The van der Waals surface area contributed by atoms with Gasteiger partial charge >= 0.3 is 5.97 Å². The number of allylic oxidation sites excluding steroid dienone is 5. The molecule has 6 heteroatoms. The molecule has 0 saturated heterocycles. The summed E-state index contributed by atoms with van der Waals surface area (Å²) in [7, 11) is -0.558. The molecule has 0 spiro atoms. The zero-order valence-corrected chi connectivity index (χ0v) is 23.4. The van der Waals surface area contributed by atoms with Crippen molar-refractivity contribution >= 4 is 14.3 Å². The molecule has 1 aromatic carbocycles. The van der Waals surface area contributed by atoms with E-state index < -0.39 is 8.32 Å². The van der Waals surface area contributed by atoms with Gasteiger partial charge < -0.3 is 19.6 Å². The van der Waals surface area contributed by atoms with Crippen molar-refractivity contribution in [3.8, 4) is 5.75 Å². The van der Waals surface area contributed by atoms with Crippen molar-refractivity contribution in [1.82, 2.24) is 0 Å². The number of rotatable bonds is 12. The van der Waals surface area contributed by atoms with Crippen LogP contribution in [0.5, 0.6) is 5.75 Å². The van der Waals surface area contributed by atoms with E-state index in [-0.39, 0.29) is 29.1 Å². The summed E-state index contributed by atoms with van der Waals surface area (Å²) in [5.74, 6) is 0.770. The fourth-order valence-electron chi connectivity index (χ4n) is 3.64. The highest BCUT2D eigenvalue weighted by atomic mass is 28.4. The molecular weight excluding hydrogens is 454 g/mol. The van der Waals surface area contributed by atoms with E-state index in [2.05, 4.69) is 64.2 Å². The first-order chi connectivity index (χ1) is 16.5. The zero-order chi connectivity index (χ0) is 25.9. The average molecular weight is 500 g/mol. The maximum absolute atomic E-state index is 11.8. The Balaban J connectivity index is 1.90. The largest absolute Gasteiger partial charge is 0.491 e. The SMILES string of the molecule is COC(=O)C1C=CC(C/C=C/CCC(N)C(COc2ccccc2)O[Si](C)(C)C(C)(C)C)C=CC1. The van der Waals surface area contributed by atoms with Crippen LogP contribution >= 0.6 is 0 Å². The van der Waals surface area contributed by atoms with Gasteiger partial charge in [0.1, 0.15) is 12.4 Å². The standard InChI is InChI=1S/C29H45NO4Si/c1-29(2,3)35(5,6)34-27(22-33-25-17-10-8-11-18-25)26(30)19-12-7-9-14-23-15-13-16-24(21-20-23)28(31)32-4/h7-11,13,15,17-18,20-21,23-24,26-27H,12,14,16,19,22,30H2,1-6H3/b9-7+. The van der Waals surface area contributed by atoms with Crippen molar-refractivity contribution < 1.29 is 18.7 Å². The van der Waals surface area contributed by atoms with Crippen molar-refractivity contribution in [1.29, 1.82) is 0 Å². The summed E-state index contributed by atoms with van der Waals surface area (Å²) in [5, 5.41) is 0.101. The molecule has 0 aliphatic heterocycles. The first kappa shape index (κ1) is 29.1. The predicted octanol–water partition coefficient (Wildman–Crippen LogP) is 6.43. The summed E-state index contributed by atoms with van der Waals surface area (Å²) < 4.78 is 17.6. The number of hydrogen-bond donors (Lipinski definition) is 1. The third-order valence-corrected chi connectivity index (χ3v) is 11.5. The molecule has 1 aromatic rings. The monoisotopic (exact) mass is 499 g/mol. The van der Waals surface area contributed by atoms with Gasteiger partial charge in [-0.1, -0.05) is 75.4 Å². The van der Waals surface area contributed by atoms with Gasteiger partial charge in [-0.3, -0.25) is 4.79 Å². The Bertz CT molecular complexity index is 857. The van der Waals surface area contributed by atoms with Gasteiger partial charge in [0.15, 0.2) is 8.32 Å². The summed E-state index contributed by atoms with van der Waals surface area (Å²) in [6.45, 7) is 11.7. The van der Waals surface area contributed by atoms with Crippen LogP contribution in [0.2, 0.25) is 18.1 Å².